The Labute approximate surface area is 222 Å². The van der Waals surface area contributed by atoms with E-state index in [4.69, 9.17) is 4.74 Å². The number of rotatable bonds is 9. The second-order valence-corrected chi connectivity index (χ2v) is 9.52. The molecule has 0 saturated heterocycles. The molecule has 7 nitrogen and oxygen atoms in total. The molecule has 3 aromatic carbocycles. The summed E-state index contributed by atoms with van der Waals surface area (Å²) >= 11 is 0. The van der Waals surface area contributed by atoms with Crippen LogP contribution < -0.4 is 19.7 Å². The number of carbonyl (C=O) groups is 2. The molecule has 3 aromatic rings. The van der Waals surface area contributed by atoms with Crippen molar-refractivity contribution in [1.82, 2.24) is 10.0 Å². The van der Waals surface area contributed by atoms with Crippen molar-refractivity contribution in [1.29, 1.82) is 0 Å². The topological polar surface area (TPSA) is 87.7 Å². The van der Waals surface area contributed by atoms with E-state index in [0.717, 1.165) is 11.1 Å². The Kier molecular flexibility index (Phi) is 12.4. The van der Waals surface area contributed by atoms with E-state index < -0.39 is 23.1 Å². The predicted molar refractivity (Wildman–Crippen MR) is 150 cm³/mol. The molecule has 0 aliphatic rings. The van der Waals surface area contributed by atoms with Crippen molar-refractivity contribution >= 4 is 28.6 Å². The van der Waals surface area contributed by atoms with Crippen LogP contribution in [0.2, 0.25) is 0 Å². The first kappa shape index (κ1) is 29.6. The van der Waals surface area contributed by atoms with Crippen molar-refractivity contribution in [3.8, 4) is 5.75 Å². The highest BCUT2D eigenvalue weighted by molar-refractivity contribution is 7.83. The minimum Gasteiger partial charge on any atom is -0.497 e. The third-order valence-corrected chi connectivity index (χ3v) is 6.56. The number of ether oxygens (including phenoxy) is 1. The van der Waals surface area contributed by atoms with Crippen molar-refractivity contribution in [3.63, 3.8) is 0 Å². The van der Waals surface area contributed by atoms with Gasteiger partial charge in [-0.3, -0.25) is 9.52 Å². The highest BCUT2D eigenvalue weighted by Crippen LogP contribution is 2.20. The minimum absolute atomic E-state index is 0.270. The van der Waals surface area contributed by atoms with Crippen molar-refractivity contribution in [2.24, 2.45) is 0 Å². The lowest BCUT2D eigenvalue weighted by molar-refractivity contribution is -0.120. The zero-order valence-corrected chi connectivity index (χ0v) is 23.0. The number of carbonyl (C=O) groups excluding carboxylic acids is 2. The second kappa shape index (κ2) is 15.5. The average molecular weight is 524 g/mol. The van der Waals surface area contributed by atoms with E-state index in [1.54, 1.807) is 48.4 Å². The lowest BCUT2D eigenvalue weighted by Crippen LogP contribution is -2.52. The summed E-state index contributed by atoms with van der Waals surface area (Å²) in [6.07, 6.45) is 1.54. The van der Waals surface area contributed by atoms with Crippen molar-refractivity contribution in [3.05, 3.63) is 90.0 Å². The van der Waals surface area contributed by atoms with Gasteiger partial charge >= 0.3 is 6.03 Å². The quantitative estimate of drug-likeness (QED) is 0.393. The molecule has 0 aromatic heterocycles. The molecule has 3 amide bonds. The van der Waals surface area contributed by atoms with E-state index >= 15 is 0 Å². The van der Waals surface area contributed by atoms with Crippen LogP contribution in [-0.4, -0.2) is 35.8 Å². The first-order valence-electron chi connectivity index (χ1n) is 12.4. The Morgan fingerprint density at radius 3 is 2.08 bits per heavy atom. The largest absolute Gasteiger partial charge is 0.497 e. The van der Waals surface area contributed by atoms with Gasteiger partial charge in [0.15, 0.2) is 11.0 Å². The van der Waals surface area contributed by atoms with Gasteiger partial charge in [0.1, 0.15) is 11.8 Å². The molecule has 2 N–H and O–H groups in total. The smallest absolute Gasteiger partial charge is 0.327 e. The van der Waals surface area contributed by atoms with Crippen molar-refractivity contribution in [2.45, 2.75) is 51.5 Å². The van der Waals surface area contributed by atoms with Gasteiger partial charge in [-0.05, 0) is 55.3 Å². The average Bonchev–Trinajstić information content (AvgIpc) is 2.90. The van der Waals surface area contributed by atoms with Crippen LogP contribution in [0.3, 0.4) is 0 Å². The van der Waals surface area contributed by atoms with Gasteiger partial charge in [0.25, 0.3) is 0 Å². The highest BCUT2D eigenvalue weighted by Gasteiger charge is 2.27. The van der Waals surface area contributed by atoms with E-state index in [-0.39, 0.29) is 12.3 Å². The van der Waals surface area contributed by atoms with Crippen LogP contribution in [0.15, 0.2) is 83.8 Å². The third-order valence-electron chi connectivity index (χ3n) is 5.33. The first-order chi connectivity index (χ1) is 17.8. The third kappa shape index (κ3) is 9.06. The van der Waals surface area contributed by atoms with Crippen LogP contribution in [0.4, 0.5) is 10.5 Å². The van der Waals surface area contributed by atoms with Crippen LogP contribution in [0, 0.1) is 6.92 Å². The summed E-state index contributed by atoms with van der Waals surface area (Å²) in [4.78, 5) is 28.4. The number of likely N-dealkylation sites (N-methyl/N-ethyl adjacent to an activating group) is 1. The molecule has 2 atom stereocenters. The molecule has 198 valence electrons. The van der Waals surface area contributed by atoms with Gasteiger partial charge in [0, 0.05) is 18.7 Å². The predicted octanol–water partition coefficient (Wildman–Crippen LogP) is 5.41. The lowest BCUT2D eigenvalue weighted by atomic mass is 10.0. The van der Waals surface area contributed by atoms with Crippen LogP contribution in [0.5, 0.6) is 5.75 Å². The fourth-order valence-electron chi connectivity index (χ4n) is 3.56. The summed E-state index contributed by atoms with van der Waals surface area (Å²) in [5.74, 6) is 0.414. The van der Waals surface area contributed by atoms with Gasteiger partial charge in [-0.25, -0.2) is 9.00 Å². The molecule has 2 unspecified atom stereocenters. The number of nitrogens with zero attached hydrogens (tertiary/aromatic N) is 1. The molecule has 3 rings (SSSR count). The Bertz CT molecular complexity index is 1150. The number of urea groups is 1. The van der Waals surface area contributed by atoms with Gasteiger partial charge in [0.2, 0.25) is 5.91 Å². The van der Waals surface area contributed by atoms with Crippen molar-refractivity contribution in [2.75, 3.05) is 18.6 Å². The summed E-state index contributed by atoms with van der Waals surface area (Å²) in [5, 5.41) is 2.73. The number of hydrogen-bond donors (Lipinski definition) is 2. The van der Waals surface area contributed by atoms with E-state index in [1.807, 2.05) is 56.3 Å². The number of methoxy groups -OCH3 is 1. The van der Waals surface area contributed by atoms with E-state index in [9.17, 15) is 13.8 Å². The molecule has 0 aliphatic carbocycles. The van der Waals surface area contributed by atoms with Gasteiger partial charge in [-0.1, -0.05) is 68.8 Å². The SMILES string of the molecule is CCC.CCN(C(=O)C(Cc1ccccc1)NC(=O)NS(=O)c1ccccc1C)c1ccc(OC)cc1. The fraction of sp³-hybridized carbons (Fsp3) is 0.310. The molecule has 8 heteroatoms. The maximum absolute atomic E-state index is 13.6. The van der Waals surface area contributed by atoms with E-state index in [0.29, 0.717) is 22.9 Å². The Morgan fingerprint density at radius 2 is 1.51 bits per heavy atom. The molecule has 0 bridgehead atoms. The molecular formula is C29H37N3O4S. The lowest BCUT2D eigenvalue weighted by Gasteiger charge is -2.27. The summed E-state index contributed by atoms with van der Waals surface area (Å²) in [7, 11) is -0.174. The second-order valence-electron chi connectivity index (χ2n) is 8.34. The maximum atomic E-state index is 13.6. The molecule has 37 heavy (non-hydrogen) atoms. The fourth-order valence-corrected chi connectivity index (χ4v) is 4.46. The number of aryl methyl sites for hydroxylation is 1. The van der Waals surface area contributed by atoms with Gasteiger partial charge < -0.3 is 15.0 Å². The number of anilines is 1. The Hall–Kier alpha value is -3.65. The number of nitrogens with one attached hydrogen (secondary N) is 2. The zero-order chi connectivity index (χ0) is 27.2. The number of amides is 3. The summed E-state index contributed by atoms with van der Waals surface area (Å²) in [6, 6.07) is 22.2. The number of hydrogen-bond acceptors (Lipinski definition) is 4. The molecule has 0 fully saturated rings. The maximum Gasteiger partial charge on any atom is 0.327 e. The standard InChI is InChI=1S/C26H29N3O4S.C3H8/c1-4-29(21-14-16-22(33-3)17-15-21)25(30)23(18-20-11-6-5-7-12-20)27-26(31)28-34(32)24-13-9-8-10-19(24)2;1-3-2/h5-17,23H,4,18H2,1-3H3,(H2,27,28,31);3H2,1-2H3. The van der Waals surface area contributed by atoms with E-state index in [2.05, 4.69) is 23.9 Å². The molecule has 0 heterocycles. The van der Waals surface area contributed by atoms with Gasteiger partial charge in [-0.15, -0.1) is 0 Å². The summed E-state index contributed by atoms with van der Waals surface area (Å²) in [5.41, 5.74) is 2.39. The van der Waals surface area contributed by atoms with E-state index in [1.165, 1.54) is 6.42 Å². The van der Waals surface area contributed by atoms with Gasteiger partial charge in [0.05, 0.1) is 12.0 Å². The van der Waals surface area contributed by atoms with Crippen LogP contribution >= 0.6 is 0 Å². The monoisotopic (exact) mass is 523 g/mol. The molecule has 0 spiro atoms. The molecule has 0 aliphatic heterocycles. The summed E-state index contributed by atoms with van der Waals surface area (Å²) < 4.78 is 20.4. The number of benzene rings is 3. The van der Waals surface area contributed by atoms with Crippen LogP contribution in [0.25, 0.3) is 0 Å². The Morgan fingerprint density at radius 1 is 0.919 bits per heavy atom. The van der Waals surface area contributed by atoms with Crippen LogP contribution in [0.1, 0.15) is 38.3 Å². The normalized spacial score (nSPS) is 11.8. The van der Waals surface area contributed by atoms with Crippen LogP contribution in [-0.2, 0) is 22.2 Å². The van der Waals surface area contributed by atoms with Crippen molar-refractivity contribution < 1.29 is 18.5 Å². The van der Waals surface area contributed by atoms with Gasteiger partial charge in [-0.2, -0.15) is 0 Å². The highest BCUT2D eigenvalue weighted by atomic mass is 32.2. The first-order valence-corrected chi connectivity index (χ1v) is 13.5. The zero-order valence-electron chi connectivity index (χ0n) is 22.2. The Balaban J connectivity index is 0.00000153. The molecule has 0 radical (unpaired) electrons. The summed E-state index contributed by atoms with van der Waals surface area (Å²) in [6.45, 7) is 8.35. The minimum atomic E-state index is -1.75. The molecule has 0 saturated carbocycles. The molecular weight excluding hydrogens is 486 g/mol.